The Kier molecular flexibility index (Phi) is 11.0. The standard InChI is InChI=1S/C13H27N3O.2ClH/c1-10(2)9-12(14)13(17)16-7-5-11(6-8-16)15(3)4;;/h10-12H,5-9,14H2,1-4H3;2*1H/t12-;;/m0../s1. The smallest absolute Gasteiger partial charge is 0.239 e. The van der Waals surface area contributed by atoms with Crippen LogP contribution in [0.4, 0.5) is 0 Å². The molecule has 19 heavy (non-hydrogen) atoms. The molecule has 0 aromatic heterocycles. The van der Waals surface area contributed by atoms with E-state index in [4.69, 9.17) is 5.73 Å². The van der Waals surface area contributed by atoms with Gasteiger partial charge in [0.15, 0.2) is 0 Å². The van der Waals surface area contributed by atoms with Crippen molar-refractivity contribution in [1.82, 2.24) is 9.80 Å². The monoisotopic (exact) mass is 313 g/mol. The second-order valence-corrected chi connectivity index (χ2v) is 5.76. The van der Waals surface area contributed by atoms with E-state index >= 15 is 0 Å². The van der Waals surface area contributed by atoms with Gasteiger partial charge in [0.2, 0.25) is 5.91 Å². The number of nitrogens with zero attached hydrogens (tertiary/aromatic N) is 2. The molecule has 0 aromatic rings. The van der Waals surface area contributed by atoms with E-state index in [-0.39, 0.29) is 36.8 Å². The van der Waals surface area contributed by atoms with E-state index in [1.165, 1.54) is 0 Å². The van der Waals surface area contributed by atoms with Crippen molar-refractivity contribution in [3.8, 4) is 0 Å². The van der Waals surface area contributed by atoms with E-state index in [1.807, 2.05) is 4.90 Å². The maximum absolute atomic E-state index is 12.1. The maximum atomic E-state index is 12.1. The lowest BCUT2D eigenvalue weighted by Crippen LogP contribution is -2.50. The average Bonchev–Trinajstić information content (AvgIpc) is 2.27. The summed E-state index contributed by atoms with van der Waals surface area (Å²) in [6.07, 6.45) is 2.91. The van der Waals surface area contributed by atoms with Crippen LogP contribution in [0.3, 0.4) is 0 Å². The van der Waals surface area contributed by atoms with Crippen molar-refractivity contribution in [1.29, 1.82) is 0 Å². The van der Waals surface area contributed by atoms with Crippen molar-refractivity contribution in [3.05, 3.63) is 0 Å². The first-order chi connectivity index (χ1) is 7.91. The number of piperidine rings is 1. The van der Waals surface area contributed by atoms with Gasteiger partial charge >= 0.3 is 0 Å². The summed E-state index contributed by atoms with van der Waals surface area (Å²) in [4.78, 5) is 16.3. The summed E-state index contributed by atoms with van der Waals surface area (Å²) in [5.74, 6) is 0.615. The van der Waals surface area contributed by atoms with Crippen molar-refractivity contribution < 1.29 is 4.79 Å². The van der Waals surface area contributed by atoms with Crippen LogP contribution in [0.25, 0.3) is 0 Å². The fourth-order valence-electron chi connectivity index (χ4n) is 2.45. The van der Waals surface area contributed by atoms with Gasteiger partial charge in [-0.1, -0.05) is 13.8 Å². The number of nitrogens with two attached hydrogens (primary N) is 1. The molecule has 1 amide bonds. The molecule has 0 radical (unpaired) electrons. The minimum absolute atomic E-state index is 0. The number of carbonyl (C=O) groups is 1. The van der Waals surface area contributed by atoms with Gasteiger partial charge in [0, 0.05) is 19.1 Å². The van der Waals surface area contributed by atoms with Crippen LogP contribution in [0, 0.1) is 5.92 Å². The van der Waals surface area contributed by atoms with Crippen molar-refractivity contribution >= 4 is 30.7 Å². The van der Waals surface area contributed by atoms with E-state index in [0.717, 1.165) is 32.4 Å². The number of hydrogen-bond donors (Lipinski definition) is 1. The molecule has 1 saturated heterocycles. The van der Waals surface area contributed by atoms with Crippen LogP contribution in [0.2, 0.25) is 0 Å². The minimum Gasteiger partial charge on any atom is -0.341 e. The SMILES string of the molecule is CC(C)C[C@H](N)C(=O)N1CCC(N(C)C)CC1.Cl.Cl. The molecule has 1 aliphatic heterocycles. The number of rotatable bonds is 4. The Morgan fingerprint density at radius 1 is 1.26 bits per heavy atom. The third kappa shape index (κ3) is 6.80. The van der Waals surface area contributed by atoms with E-state index in [1.54, 1.807) is 0 Å². The number of halogens is 2. The molecular formula is C13H29Cl2N3O. The quantitative estimate of drug-likeness (QED) is 0.860. The van der Waals surface area contributed by atoms with Crippen molar-refractivity contribution in [3.63, 3.8) is 0 Å². The molecule has 1 fully saturated rings. The highest BCUT2D eigenvalue weighted by Gasteiger charge is 2.27. The second-order valence-electron chi connectivity index (χ2n) is 5.76. The lowest BCUT2D eigenvalue weighted by Gasteiger charge is -2.36. The van der Waals surface area contributed by atoms with Gasteiger partial charge in [-0.25, -0.2) is 0 Å². The van der Waals surface area contributed by atoms with Gasteiger partial charge in [0.1, 0.15) is 0 Å². The Balaban J connectivity index is 0. The number of amides is 1. The van der Waals surface area contributed by atoms with Gasteiger partial charge in [-0.15, -0.1) is 24.8 Å². The first-order valence-electron chi connectivity index (χ1n) is 6.62. The van der Waals surface area contributed by atoms with Crippen LogP contribution < -0.4 is 5.73 Å². The molecule has 116 valence electrons. The third-order valence-corrected chi connectivity index (χ3v) is 3.55. The number of carbonyl (C=O) groups excluding carboxylic acids is 1. The maximum Gasteiger partial charge on any atom is 0.239 e. The average molecular weight is 314 g/mol. The molecule has 2 N–H and O–H groups in total. The molecule has 1 aliphatic rings. The summed E-state index contributed by atoms with van der Waals surface area (Å²) in [5, 5.41) is 0. The fraction of sp³-hybridized carbons (Fsp3) is 0.923. The van der Waals surface area contributed by atoms with Crippen LogP contribution in [-0.2, 0) is 4.79 Å². The predicted octanol–water partition coefficient (Wildman–Crippen LogP) is 1.76. The zero-order valence-corrected chi connectivity index (χ0v) is 14.1. The molecule has 0 unspecified atom stereocenters. The van der Waals surface area contributed by atoms with E-state index < -0.39 is 0 Å². The van der Waals surface area contributed by atoms with Crippen LogP contribution in [0.1, 0.15) is 33.1 Å². The molecule has 0 aromatic carbocycles. The van der Waals surface area contributed by atoms with Crippen molar-refractivity contribution in [2.45, 2.75) is 45.2 Å². The summed E-state index contributed by atoms with van der Waals surface area (Å²) < 4.78 is 0. The second kappa shape index (κ2) is 9.81. The van der Waals surface area contributed by atoms with Gasteiger partial charge in [-0.3, -0.25) is 4.79 Å². The first kappa shape index (κ1) is 21.3. The highest BCUT2D eigenvalue weighted by molar-refractivity contribution is 5.85. The summed E-state index contributed by atoms with van der Waals surface area (Å²) in [6, 6.07) is 0.297. The highest BCUT2D eigenvalue weighted by atomic mass is 35.5. The minimum atomic E-state index is -0.314. The Bertz CT molecular complexity index is 254. The molecule has 1 heterocycles. The summed E-state index contributed by atoms with van der Waals surface area (Å²) >= 11 is 0. The molecule has 0 aliphatic carbocycles. The molecule has 4 nitrogen and oxygen atoms in total. The topological polar surface area (TPSA) is 49.6 Å². The molecule has 1 atom stereocenters. The molecular weight excluding hydrogens is 285 g/mol. The molecule has 1 rings (SSSR count). The largest absolute Gasteiger partial charge is 0.341 e. The molecule has 6 heteroatoms. The van der Waals surface area contributed by atoms with Gasteiger partial charge in [0.25, 0.3) is 0 Å². The Labute approximate surface area is 129 Å². The van der Waals surface area contributed by atoms with Crippen LogP contribution in [0.15, 0.2) is 0 Å². The molecule has 0 spiro atoms. The normalized spacial score (nSPS) is 17.9. The summed E-state index contributed by atoms with van der Waals surface area (Å²) in [5.41, 5.74) is 5.94. The lowest BCUT2D eigenvalue weighted by atomic mass is 10.00. The summed E-state index contributed by atoms with van der Waals surface area (Å²) in [6.45, 7) is 5.91. The number of hydrogen-bond acceptors (Lipinski definition) is 3. The van der Waals surface area contributed by atoms with Gasteiger partial charge in [-0.2, -0.15) is 0 Å². The van der Waals surface area contributed by atoms with Crippen LogP contribution in [-0.4, -0.2) is 55.0 Å². The van der Waals surface area contributed by atoms with Gasteiger partial charge in [-0.05, 0) is 39.3 Å². The zero-order valence-electron chi connectivity index (χ0n) is 12.5. The van der Waals surface area contributed by atoms with Gasteiger partial charge in [0.05, 0.1) is 6.04 Å². The third-order valence-electron chi connectivity index (χ3n) is 3.55. The van der Waals surface area contributed by atoms with Crippen LogP contribution >= 0.6 is 24.8 Å². The zero-order chi connectivity index (χ0) is 13.0. The Hall–Kier alpha value is -0.0300. The Morgan fingerprint density at radius 3 is 2.11 bits per heavy atom. The molecule has 0 saturated carbocycles. The predicted molar refractivity (Wildman–Crippen MR) is 85.2 cm³/mol. The van der Waals surface area contributed by atoms with Crippen molar-refractivity contribution in [2.24, 2.45) is 11.7 Å². The van der Waals surface area contributed by atoms with Gasteiger partial charge < -0.3 is 15.5 Å². The van der Waals surface area contributed by atoms with Crippen LogP contribution in [0.5, 0.6) is 0 Å². The van der Waals surface area contributed by atoms with E-state index in [2.05, 4.69) is 32.8 Å². The Morgan fingerprint density at radius 2 is 1.74 bits per heavy atom. The highest BCUT2D eigenvalue weighted by Crippen LogP contribution is 2.16. The van der Waals surface area contributed by atoms with Crippen molar-refractivity contribution in [2.75, 3.05) is 27.2 Å². The number of likely N-dealkylation sites (tertiary alicyclic amines) is 1. The first-order valence-corrected chi connectivity index (χ1v) is 6.62. The molecule has 0 bridgehead atoms. The van der Waals surface area contributed by atoms with E-state index in [0.29, 0.717) is 12.0 Å². The van der Waals surface area contributed by atoms with E-state index in [9.17, 15) is 4.79 Å². The summed E-state index contributed by atoms with van der Waals surface area (Å²) in [7, 11) is 4.21. The lowest BCUT2D eigenvalue weighted by molar-refractivity contribution is -0.134. The fourth-order valence-corrected chi connectivity index (χ4v) is 2.45.